The Hall–Kier alpha value is -1.09. The summed E-state index contributed by atoms with van der Waals surface area (Å²) in [5, 5.41) is 0. The summed E-state index contributed by atoms with van der Waals surface area (Å²) in [6, 6.07) is 7.96. The van der Waals surface area contributed by atoms with Crippen LogP contribution in [0.5, 0.6) is 5.75 Å². The largest absolute Gasteiger partial charge is 0.493 e. The molecule has 0 radical (unpaired) electrons. The molecule has 3 heteroatoms. The lowest BCUT2D eigenvalue weighted by Crippen LogP contribution is -2.09. The van der Waals surface area contributed by atoms with Gasteiger partial charge >= 0.3 is 0 Å². The standard InChI is InChI=1S/C11H15NOS/c1-9-5-2-3-6-10(9)13-8-4-7-11(12)14/h2-3,5-6H,4,7-8H2,1H3,(H2,12,14). The van der Waals surface area contributed by atoms with Gasteiger partial charge in [-0.15, -0.1) is 0 Å². The molecule has 0 atom stereocenters. The monoisotopic (exact) mass is 209 g/mol. The topological polar surface area (TPSA) is 35.2 Å². The molecule has 0 fully saturated rings. The average Bonchev–Trinajstić information content (AvgIpc) is 2.15. The zero-order valence-electron chi connectivity index (χ0n) is 8.32. The summed E-state index contributed by atoms with van der Waals surface area (Å²) < 4.78 is 5.57. The SMILES string of the molecule is Cc1ccccc1OCCCC(N)=S. The predicted molar refractivity (Wildman–Crippen MR) is 62.7 cm³/mol. The van der Waals surface area contributed by atoms with Crippen molar-refractivity contribution in [2.45, 2.75) is 19.8 Å². The van der Waals surface area contributed by atoms with Crippen molar-refractivity contribution in [1.29, 1.82) is 0 Å². The highest BCUT2D eigenvalue weighted by molar-refractivity contribution is 7.80. The summed E-state index contributed by atoms with van der Waals surface area (Å²) in [5.74, 6) is 0.940. The fraction of sp³-hybridized carbons (Fsp3) is 0.364. The Morgan fingerprint density at radius 3 is 2.79 bits per heavy atom. The smallest absolute Gasteiger partial charge is 0.122 e. The molecular weight excluding hydrogens is 194 g/mol. The number of aryl methyl sites for hydroxylation is 1. The van der Waals surface area contributed by atoms with Crippen LogP contribution in [0.2, 0.25) is 0 Å². The van der Waals surface area contributed by atoms with E-state index in [0.29, 0.717) is 11.6 Å². The van der Waals surface area contributed by atoms with E-state index in [9.17, 15) is 0 Å². The van der Waals surface area contributed by atoms with Crippen LogP contribution in [0.15, 0.2) is 24.3 Å². The van der Waals surface area contributed by atoms with Gasteiger partial charge in [0.1, 0.15) is 5.75 Å². The molecule has 1 rings (SSSR count). The first-order valence-corrected chi connectivity index (χ1v) is 5.07. The zero-order chi connectivity index (χ0) is 10.4. The Kier molecular flexibility index (Phi) is 4.40. The maximum absolute atomic E-state index is 5.57. The normalized spacial score (nSPS) is 9.79. The van der Waals surface area contributed by atoms with Crippen LogP contribution in [0.3, 0.4) is 0 Å². The number of rotatable bonds is 5. The summed E-state index contributed by atoms with van der Waals surface area (Å²) in [6.45, 7) is 2.70. The second kappa shape index (κ2) is 5.60. The Morgan fingerprint density at radius 2 is 2.14 bits per heavy atom. The first-order valence-electron chi connectivity index (χ1n) is 4.67. The number of para-hydroxylation sites is 1. The zero-order valence-corrected chi connectivity index (χ0v) is 9.14. The molecule has 1 aromatic rings. The fourth-order valence-corrected chi connectivity index (χ4v) is 1.29. The van der Waals surface area contributed by atoms with Crippen molar-refractivity contribution in [1.82, 2.24) is 0 Å². The van der Waals surface area contributed by atoms with Crippen molar-refractivity contribution < 1.29 is 4.74 Å². The van der Waals surface area contributed by atoms with Gasteiger partial charge in [0.2, 0.25) is 0 Å². The summed E-state index contributed by atoms with van der Waals surface area (Å²) in [4.78, 5) is 0.554. The first-order chi connectivity index (χ1) is 6.70. The van der Waals surface area contributed by atoms with Crippen LogP contribution >= 0.6 is 12.2 Å². The van der Waals surface area contributed by atoms with E-state index in [1.807, 2.05) is 31.2 Å². The molecule has 0 unspecified atom stereocenters. The number of ether oxygens (including phenoxy) is 1. The van der Waals surface area contributed by atoms with Gasteiger partial charge < -0.3 is 10.5 Å². The Balaban J connectivity index is 2.31. The molecule has 0 bridgehead atoms. The third-order valence-corrected chi connectivity index (χ3v) is 2.12. The highest BCUT2D eigenvalue weighted by atomic mass is 32.1. The lowest BCUT2D eigenvalue weighted by molar-refractivity contribution is 0.311. The van der Waals surface area contributed by atoms with Gasteiger partial charge in [-0.2, -0.15) is 0 Å². The van der Waals surface area contributed by atoms with Gasteiger partial charge in [0.05, 0.1) is 11.6 Å². The van der Waals surface area contributed by atoms with Gasteiger partial charge in [-0.25, -0.2) is 0 Å². The minimum absolute atomic E-state index is 0.554. The molecule has 0 aliphatic rings. The van der Waals surface area contributed by atoms with E-state index < -0.39 is 0 Å². The molecule has 0 saturated heterocycles. The maximum atomic E-state index is 5.57. The van der Waals surface area contributed by atoms with E-state index >= 15 is 0 Å². The van der Waals surface area contributed by atoms with Crippen molar-refractivity contribution in [3.63, 3.8) is 0 Å². The lowest BCUT2D eigenvalue weighted by Gasteiger charge is -2.07. The van der Waals surface area contributed by atoms with Gasteiger partial charge in [0.15, 0.2) is 0 Å². The van der Waals surface area contributed by atoms with Crippen LogP contribution in [0, 0.1) is 6.92 Å². The highest BCUT2D eigenvalue weighted by Gasteiger charge is 1.97. The van der Waals surface area contributed by atoms with E-state index in [0.717, 1.165) is 24.2 Å². The van der Waals surface area contributed by atoms with Crippen molar-refractivity contribution in [2.75, 3.05) is 6.61 Å². The Labute approximate surface area is 90.1 Å². The van der Waals surface area contributed by atoms with E-state index in [-0.39, 0.29) is 0 Å². The number of nitrogens with two attached hydrogens (primary N) is 1. The molecule has 0 heterocycles. The second-order valence-electron chi connectivity index (χ2n) is 3.18. The van der Waals surface area contributed by atoms with Gasteiger partial charge in [0, 0.05) is 6.42 Å². The number of benzene rings is 1. The van der Waals surface area contributed by atoms with Gasteiger partial charge in [0.25, 0.3) is 0 Å². The predicted octanol–water partition coefficient (Wildman–Crippen LogP) is 2.44. The van der Waals surface area contributed by atoms with Crippen LogP contribution in [-0.2, 0) is 0 Å². The molecule has 0 aliphatic heterocycles. The quantitative estimate of drug-likeness (QED) is 0.597. The van der Waals surface area contributed by atoms with Crippen molar-refractivity contribution in [2.24, 2.45) is 5.73 Å². The minimum atomic E-state index is 0.554. The highest BCUT2D eigenvalue weighted by Crippen LogP contribution is 2.16. The molecule has 0 aromatic heterocycles. The Bertz CT molecular complexity index is 312. The fourth-order valence-electron chi connectivity index (χ4n) is 1.15. The molecule has 76 valence electrons. The van der Waals surface area contributed by atoms with Crippen LogP contribution in [0.25, 0.3) is 0 Å². The molecule has 2 nitrogen and oxygen atoms in total. The van der Waals surface area contributed by atoms with Crippen LogP contribution < -0.4 is 10.5 Å². The summed E-state index contributed by atoms with van der Waals surface area (Å²) in [7, 11) is 0. The van der Waals surface area contributed by atoms with Gasteiger partial charge in [-0.3, -0.25) is 0 Å². The van der Waals surface area contributed by atoms with E-state index in [1.54, 1.807) is 0 Å². The Morgan fingerprint density at radius 1 is 1.43 bits per heavy atom. The van der Waals surface area contributed by atoms with E-state index in [1.165, 1.54) is 0 Å². The number of hydrogen-bond acceptors (Lipinski definition) is 2. The first kappa shape index (κ1) is 11.0. The maximum Gasteiger partial charge on any atom is 0.122 e. The second-order valence-corrected chi connectivity index (χ2v) is 3.71. The third kappa shape index (κ3) is 3.75. The van der Waals surface area contributed by atoms with Gasteiger partial charge in [-0.05, 0) is 25.0 Å². The van der Waals surface area contributed by atoms with Crippen LogP contribution in [-0.4, -0.2) is 11.6 Å². The summed E-state index contributed by atoms with van der Waals surface area (Å²) in [5.41, 5.74) is 6.53. The summed E-state index contributed by atoms with van der Waals surface area (Å²) in [6.07, 6.45) is 1.63. The summed E-state index contributed by atoms with van der Waals surface area (Å²) >= 11 is 4.77. The molecule has 0 amide bonds. The van der Waals surface area contributed by atoms with Gasteiger partial charge in [-0.1, -0.05) is 30.4 Å². The molecule has 0 saturated carbocycles. The minimum Gasteiger partial charge on any atom is -0.493 e. The van der Waals surface area contributed by atoms with Crippen molar-refractivity contribution in [3.05, 3.63) is 29.8 Å². The lowest BCUT2D eigenvalue weighted by atomic mass is 10.2. The van der Waals surface area contributed by atoms with Crippen molar-refractivity contribution in [3.8, 4) is 5.75 Å². The molecule has 14 heavy (non-hydrogen) atoms. The average molecular weight is 209 g/mol. The third-order valence-electron chi connectivity index (χ3n) is 1.92. The number of hydrogen-bond donors (Lipinski definition) is 1. The molecule has 0 aliphatic carbocycles. The number of thiocarbonyl (C=S) groups is 1. The van der Waals surface area contributed by atoms with E-state index in [2.05, 4.69) is 0 Å². The van der Waals surface area contributed by atoms with Crippen LogP contribution in [0.4, 0.5) is 0 Å². The van der Waals surface area contributed by atoms with E-state index in [4.69, 9.17) is 22.7 Å². The molecule has 0 spiro atoms. The molecule has 2 N–H and O–H groups in total. The molecule has 1 aromatic carbocycles. The molecular formula is C11H15NOS. The van der Waals surface area contributed by atoms with Crippen LogP contribution in [0.1, 0.15) is 18.4 Å². The van der Waals surface area contributed by atoms with Crippen molar-refractivity contribution >= 4 is 17.2 Å².